The number of halogens is 1. The molecule has 2 atom stereocenters. The Morgan fingerprint density at radius 3 is 2.31 bits per heavy atom. The van der Waals surface area contributed by atoms with Crippen LogP contribution in [0.15, 0.2) is 53.7 Å². The van der Waals surface area contributed by atoms with Gasteiger partial charge in [0.1, 0.15) is 11.9 Å². The summed E-state index contributed by atoms with van der Waals surface area (Å²) in [7, 11) is 0. The van der Waals surface area contributed by atoms with Crippen LogP contribution in [-0.2, 0) is 4.79 Å². The quantitative estimate of drug-likeness (QED) is 0.292. The third-order valence-electron chi connectivity index (χ3n) is 7.94. The van der Waals surface area contributed by atoms with E-state index in [-0.39, 0.29) is 23.7 Å². The van der Waals surface area contributed by atoms with Gasteiger partial charge in [0.05, 0.1) is 11.9 Å². The van der Waals surface area contributed by atoms with E-state index in [4.69, 9.17) is 0 Å². The molecule has 2 fully saturated rings. The number of hydrogen-bond donors (Lipinski definition) is 1. The van der Waals surface area contributed by atoms with Gasteiger partial charge in [-0.15, -0.1) is 5.16 Å². The van der Waals surface area contributed by atoms with E-state index in [9.17, 15) is 10.0 Å². The summed E-state index contributed by atoms with van der Waals surface area (Å²) in [6.07, 6.45) is 6.06. The Morgan fingerprint density at radius 1 is 1.06 bits per heavy atom. The topological polar surface area (TPSA) is 59.4 Å². The minimum absolute atomic E-state index is 0.0596. The number of likely N-dealkylation sites (N-methyl/N-ethyl adjacent to an activating group) is 1. The Morgan fingerprint density at radius 2 is 1.72 bits per heavy atom. The maximum atomic E-state index is 15.3. The number of carbonyl (C=O) groups is 1. The summed E-state index contributed by atoms with van der Waals surface area (Å²) in [5.41, 5.74) is 2.46. The highest BCUT2D eigenvalue weighted by Gasteiger charge is 2.33. The van der Waals surface area contributed by atoms with Crippen LogP contribution in [0.2, 0.25) is 0 Å². The van der Waals surface area contributed by atoms with Crippen LogP contribution in [0.4, 0.5) is 10.1 Å². The van der Waals surface area contributed by atoms with E-state index < -0.39 is 0 Å². The second-order valence-electron chi connectivity index (χ2n) is 9.89. The molecule has 0 radical (unpaired) electrons. The number of rotatable bonds is 9. The molecule has 36 heavy (non-hydrogen) atoms. The smallest absolute Gasteiger partial charge is 0.244 e. The Bertz CT molecular complexity index is 1010. The minimum atomic E-state index is -0.328. The molecule has 1 heterocycles. The number of anilines is 1. The summed E-state index contributed by atoms with van der Waals surface area (Å²) < 4.78 is 15.3. The molecule has 2 aliphatic rings. The lowest BCUT2D eigenvalue weighted by Gasteiger charge is -2.41. The zero-order valence-electron chi connectivity index (χ0n) is 21.5. The Hall–Kier alpha value is -2.93. The van der Waals surface area contributed by atoms with Crippen molar-refractivity contribution in [3.63, 3.8) is 0 Å². The highest BCUT2D eigenvalue weighted by atomic mass is 19.1. The first-order chi connectivity index (χ1) is 17.6. The molecule has 2 unspecified atom stereocenters. The van der Waals surface area contributed by atoms with E-state index >= 15 is 4.39 Å². The van der Waals surface area contributed by atoms with Gasteiger partial charge in [-0.05, 0) is 55.9 Å². The molecule has 1 aliphatic carbocycles. The lowest BCUT2D eigenvalue weighted by molar-refractivity contribution is -0.137. The van der Waals surface area contributed by atoms with E-state index in [1.54, 1.807) is 12.3 Å². The van der Waals surface area contributed by atoms with Gasteiger partial charge >= 0.3 is 0 Å². The molecule has 2 aromatic rings. The standard InChI is InChI=1S/C29H39FN4O2/c1-3-32(4-2)29(35)28(23-12-6-5-7-13-23)34-18-16-33(17-19-34)27-15-14-24(20-26(27)30)25(21-31-36)22-10-8-9-11-22/h5-7,12-15,20-22,25,28,36H,3-4,8-11,16-19H2,1-2H3/b31-21-. The largest absolute Gasteiger partial charge is 0.411 e. The van der Waals surface area contributed by atoms with Crippen molar-refractivity contribution in [3.8, 4) is 0 Å². The summed E-state index contributed by atoms with van der Waals surface area (Å²) in [5.74, 6) is 0.219. The van der Waals surface area contributed by atoms with Gasteiger partial charge in [0.25, 0.3) is 0 Å². The Kier molecular flexibility index (Phi) is 8.97. The summed E-state index contributed by atoms with van der Waals surface area (Å²) in [6.45, 7) is 8.03. The molecule has 4 rings (SSSR count). The van der Waals surface area contributed by atoms with Crippen LogP contribution in [0, 0.1) is 11.7 Å². The lowest BCUT2D eigenvalue weighted by Crippen LogP contribution is -2.52. The van der Waals surface area contributed by atoms with Gasteiger partial charge in [0.15, 0.2) is 0 Å². The van der Waals surface area contributed by atoms with Crippen LogP contribution in [0.25, 0.3) is 0 Å². The maximum Gasteiger partial charge on any atom is 0.244 e. The molecule has 1 amide bonds. The van der Waals surface area contributed by atoms with Gasteiger partial charge in [-0.3, -0.25) is 9.69 Å². The van der Waals surface area contributed by atoms with Crippen molar-refractivity contribution < 1.29 is 14.4 Å². The van der Waals surface area contributed by atoms with Crippen molar-refractivity contribution in [1.82, 2.24) is 9.80 Å². The molecule has 0 bridgehead atoms. The van der Waals surface area contributed by atoms with Gasteiger partial charge in [-0.25, -0.2) is 4.39 Å². The first kappa shape index (κ1) is 26.1. The molecule has 7 heteroatoms. The molecule has 0 spiro atoms. The molecular formula is C29H39FN4O2. The third-order valence-corrected chi connectivity index (χ3v) is 7.94. The van der Waals surface area contributed by atoms with Crippen LogP contribution in [0.5, 0.6) is 0 Å². The number of oxime groups is 1. The predicted octanol–water partition coefficient (Wildman–Crippen LogP) is 5.29. The van der Waals surface area contributed by atoms with E-state index in [0.29, 0.717) is 50.9 Å². The maximum absolute atomic E-state index is 15.3. The molecule has 2 aromatic carbocycles. The summed E-state index contributed by atoms with van der Waals surface area (Å²) in [4.78, 5) is 19.6. The highest BCUT2D eigenvalue weighted by molar-refractivity contribution is 5.83. The molecule has 1 saturated heterocycles. The SMILES string of the molecule is CCN(CC)C(=O)C(c1ccccc1)N1CCN(c2ccc(C(/C=N\O)C3CCCC3)cc2F)CC1. The molecule has 1 aliphatic heterocycles. The van der Waals surface area contributed by atoms with Crippen LogP contribution in [0.3, 0.4) is 0 Å². The van der Waals surface area contributed by atoms with Crippen molar-refractivity contribution in [3.05, 3.63) is 65.5 Å². The number of benzene rings is 2. The highest BCUT2D eigenvalue weighted by Crippen LogP contribution is 2.37. The van der Waals surface area contributed by atoms with Gasteiger partial charge < -0.3 is 15.0 Å². The van der Waals surface area contributed by atoms with Crippen molar-refractivity contribution in [1.29, 1.82) is 0 Å². The zero-order valence-corrected chi connectivity index (χ0v) is 21.5. The van der Waals surface area contributed by atoms with Crippen molar-refractivity contribution in [2.24, 2.45) is 11.1 Å². The first-order valence-electron chi connectivity index (χ1n) is 13.4. The molecule has 0 aromatic heterocycles. The third kappa shape index (κ3) is 5.72. The zero-order chi connectivity index (χ0) is 25.5. The van der Waals surface area contributed by atoms with E-state index in [0.717, 1.165) is 24.0 Å². The number of hydrogen-bond acceptors (Lipinski definition) is 5. The summed E-state index contributed by atoms with van der Waals surface area (Å²) in [6, 6.07) is 15.1. The summed E-state index contributed by atoms with van der Waals surface area (Å²) in [5, 5.41) is 12.5. The Labute approximate surface area is 214 Å². The van der Waals surface area contributed by atoms with Crippen LogP contribution < -0.4 is 4.90 Å². The second-order valence-corrected chi connectivity index (χ2v) is 9.89. The molecule has 6 nitrogen and oxygen atoms in total. The van der Waals surface area contributed by atoms with E-state index in [1.807, 2.05) is 61.2 Å². The van der Waals surface area contributed by atoms with Crippen LogP contribution in [-0.4, -0.2) is 66.4 Å². The molecule has 1 saturated carbocycles. The fraction of sp³-hybridized carbons (Fsp3) is 0.517. The van der Waals surface area contributed by atoms with Gasteiger partial charge in [0.2, 0.25) is 5.91 Å². The van der Waals surface area contributed by atoms with Gasteiger partial charge in [0, 0.05) is 45.2 Å². The second kappa shape index (κ2) is 12.3. The predicted molar refractivity (Wildman–Crippen MR) is 142 cm³/mol. The monoisotopic (exact) mass is 494 g/mol. The van der Waals surface area contributed by atoms with E-state index in [1.165, 1.54) is 12.8 Å². The van der Waals surface area contributed by atoms with Crippen LogP contribution in [0.1, 0.15) is 62.6 Å². The van der Waals surface area contributed by atoms with Gasteiger partial charge in [-0.1, -0.05) is 49.2 Å². The number of piperazine rings is 1. The van der Waals surface area contributed by atoms with Crippen molar-refractivity contribution in [2.75, 3.05) is 44.2 Å². The molecule has 194 valence electrons. The fourth-order valence-electron chi connectivity index (χ4n) is 5.93. The number of nitrogens with zero attached hydrogens (tertiary/aromatic N) is 4. The Balaban J connectivity index is 1.48. The molecule has 1 N–H and O–H groups in total. The molecular weight excluding hydrogens is 455 g/mol. The van der Waals surface area contributed by atoms with Crippen LogP contribution >= 0.6 is 0 Å². The average Bonchev–Trinajstić information content (AvgIpc) is 3.44. The fourth-order valence-corrected chi connectivity index (χ4v) is 5.93. The lowest BCUT2D eigenvalue weighted by atomic mass is 9.85. The summed E-state index contributed by atoms with van der Waals surface area (Å²) >= 11 is 0. The van der Waals surface area contributed by atoms with E-state index in [2.05, 4.69) is 15.0 Å². The average molecular weight is 495 g/mol. The van der Waals surface area contributed by atoms with Crippen molar-refractivity contribution >= 4 is 17.8 Å². The minimum Gasteiger partial charge on any atom is -0.411 e. The van der Waals surface area contributed by atoms with Crippen molar-refractivity contribution in [2.45, 2.75) is 51.5 Å². The van der Waals surface area contributed by atoms with Gasteiger partial charge in [-0.2, -0.15) is 0 Å². The number of amides is 1. The first-order valence-corrected chi connectivity index (χ1v) is 13.4. The normalized spacial score (nSPS) is 19.0. The number of carbonyl (C=O) groups excluding carboxylic acids is 1.